The number of rotatable bonds is 3. The predicted molar refractivity (Wildman–Crippen MR) is 63.0 cm³/mol. The van der Waals surface area contributed by atoms with Crippen LogP contribution in [0.3, 0.4) is 0 Å². The standard InChI is InChI=1S/C11H13N3O3/c1-14-9-3-2-6(7(5-12)10(15)16)4-8(9)13-11(14)17/h2-4,7H,5,12H2,1H3,(H,13,17)(H,15,16). The maximum absolute atomic E-state index is 11.4. The Kier molecular flexibility index (Phi) is 2.72. The number of nitrogens with two attached hydrogens (primary N) is 1. The van der Waals surface area contributed by atoms with Crippen molar-refractivity contribution >= 4 is 17.0 Å². The summed E-state index contributed by atoms with van der Waals surface area (Å²) in [5, 5.41) is 9.00. The van der Waals surface area contributed by atoms with Crippen molar-refractivity contribution in [2.75, 3.05) is 6.54 Å². The van der Waals surface area contributed by atoms with E-state index in [4.69, 9.17) is 10.8 Å². The van der Waals surface area contributed by atoms with E-state index in [1.165, 1.54) is 4.57 Å². The fraction of sp³-hybridized carbons (Fsp3) is 0.273. The molecular formula is C11H13N3O3. The van der Waals surface area contributed by atoms with E-state index >= 15 is 0 Å². The Hall–Kier alpha value is -2.08. The van der Waals surface area contributed by atoms with Crippen LogP contribution in [0.2, 0.25) is 0 Å². The molecule has 0 radical (unpaired) electrons. The summed E-state index contributed by atoms with van der Waals surface area (Å²) < 4.78 is 1.47. The second-order valence-electron chi connectivity index (χ2n) is 3.89. The molecule has 0 bridgehead atoms. The Bertz CT molecular complexity index is 626. The minimum Gasteiger partial charge on any atom is -0.481 e. The number of benzene rings is 1. The van der Waals surface area contributed by atoms with Crippen molar-refractivity contribution in [1.29, 1.82) is 0 Å². The molecule has 4 N–H and O–H groups in total. The van der Waals surface area contributed by atoms with E-state index in [1.54, 1.807) is 25.2 Å². The second-order valence-corrected chi connectivity index (χ2v) is 3.89. The van der Waals surface area contributed by atoms with Gasteiger partial charge in [-0.3, -0.25) is 9.36 Å². The number of carboxylic acid groups (broad SMARTS) is 1. The van der Waals surface area contributed by atoms with Crippen LogP contribution >= 0.6 is 0 Å². The second kappa shape index (κ2) is 4.06. The minimum absolute atomic E-state index is 0.0257. The summed E-state index contributed by atoms with van der Waals surface area (Å²) in [6.45, 7) is 0.0257. The molecule has 0 amide bonds. The van der Waals surface area contributed by atoms with Gasteiger partial charge in [-0.1, -0.05) is 6.07 Å². The maximum Gasteiger partial charge on any atom is 0.326 e. The first-order valence-electron chi connectivity index (χ1n) is 5.16. The van der Waals surface area contributed by atoms with E-state index in [0.717, 1.165) is 5.52 Å². The Morgan fingerprint density at radius 1 is 1.59 bits per heavy atom. The smallest absolute Gasteiger partial charge is 0.326 e. The van der Waals surface area contributed by atoms with Crippen LogP contribution in [0.25, 0.3) is 11.0 Å². The third-order valence-electron chi connectivity index (χ3n) is 2.86. The van der Waals surface area contributed by atoms with E-state index in [0.29, 0.717) is 11.1 Å². The van der Waals surface area contributed by atoms with Crippen LogP contribution in [0.5, 0.6) is 0 Å². The van der Waals surface area contributed by atoms with Gasteiger partial charge in [-0.05, 0) is 17.7 Å². The average Bonchev–Trinajstić information content (AvgIpc) is 2.55. The number of nitrogens with zero attached hydrogens (tertiary/aromatic N) is 1. The van der Waals surface area contributed by atoms with E-state index in [1.807, 2.05) is 0 Å². The first-order chi connectivity index (χ1) is 8.04. The lowest BCUT2D eigenvalue weighted by atomic mass is 9.99. The molecule has 0 saturated heterocycles. The SMILES string of the molecule is Cn1c(=O)[nH]c2cc(C(CN)C(=O)O)ccc21. The zero-order chi connectivity index (χ0) is 12.6. The fourth-order valence-corrected chi connectivity index (χ4v) is 1.85. The molecule has 1 unspecified atom stereocenters. The number of aryl methyl sites for hydroxylation is 1. The fourth-order valence-electron chi connectivity index (χ4n) is 1.85. The molecule has 0 aliphatic carbocycles. The zero-order valence-corrected chi connectivity index (χ0v) is 9.30. The molecule has 0 spiro atoms. The molecule has 0 aliphatic rings. The summed E-state index contributed by atoms with van der Waals surface area (Å²) in [4.78, 5) is 25.0. The molecule has 0 saturated carbocycles. The third kappa shape index (κ3) is 1.83. The van der Waals surface area contributed by atoms with Crippen molar-refractivity contribution in [2.24, 2.45) is 12.8 Å². The number of carbonyl (C=O) groups is 1. The number of aromatic nitrogens is 2. The van der Waals surface area contributed by atoms with Gasteiger partial charge in [-0.15, -0.1) is 0 Å². The van der Waals surface area contributed by atoms with Crippen molar-refractivity contribution in [1.82, 2.24) is 9.55 Å². The molecule has 2 aromatic rings. The van der Waals surface area contributed by atoms with Gasteiger partial charge in [0.05, 0.1) is 17.0 Å². The first-order valence-corrected chi connectivity index (χ1v) is 5.16. The molecule has 1 atom stereocenters. The Labute approximate surface area is 96.7 Å². The third-order valence-corrected chi connectivity index (χ3v) is 2.86. The van der Waals surface area contributed by atoms with E-state index in [2.05, 4.69) is 4.98 Å². The summed E-state index contributed by atoms with van der Waals surface area (Å²) in [5.74, 6) is -1.71. The summed E-state index contributed by atoms with van der Waals surface area (Å²) in [7, 11) is 1.65. The lowest BCUT2D eigenvalue weighted by Gasteiger charge is -2.09. The van der Waals surface area contributed by atoms with Crippen LogP contribution < -0.4 is 11.4 Å². The number of fused-ring (bicyclic) bond motifs is 1. The van der Waals surface area contributed by atoms with Gasteiger partial charge in [0.1, 0.15) is 0 Å². The Morgan fingerprint density at radius 3 is 2.88 bits per heavy atom. The Balaban J connectivity index is 2.58. The summed E-state index contributed by atoms with van der Waals surface area (Å²) in [5.41, 5.74) is 7.15. The quantitative estimate of drug-likeness (QED) is 0.696. The van der Waals surface area contributed by atoms with Crippen LogP contribution in [0.1, 0.15) is 11.5 Å². The molecule has 17 heavy (non-hydrogen) atoms. The molecular weight excluding hydrogens is 222 g/mol. The van der Waals surface area contributed by atoms with Gasteiger partial charge in [0.15, 0.2) is 0 Å². The first kappa shape index (κ1) is 11.4. The van der Waals surface area contributed by atoms with Gasteiger partial charge in [-0.2, -0.15) is 0 Å². The number of hydrogen-bond donors (Lipinski definition) is 3. The summed E-state index contributed by atoms with van der Waals surface area (Å²) >= 11 is 0. The van der Waals surface area contributed by atoms with Crippen molar-refractivity contribution in [3.63, 3.8) is 0 Å². The molecule has 0 fully saturated rings. The number of imidazole rings is 1. The van der Waals surface area contributed by atoms with E-state index < -0.39 is 11.9 Å². The zero-order valence-electron chi connectivity index (χ0n) is 9.30. The highest BCUT2D eigenvalue weighted by Crippen LogP contribution is 2.19. The van der Waals surface area contributed by atoms with Crippen LogP contribution in [0.15, 0.2) is 23.0 Å². The van der Waals surface area contributed by atoms with Gasteiger partial charge in [-0.25, -0.2) is 4.79 Å². The van der Waals surface area contributed by atoms with Crippen molar-refractivity contribution < 1.29 is 9.90 Å². The average molecular weight is 235 g/mol. The molecule has 0 aliphatic heterocycles. The number of hydrogen-bond acceptors (Lipinski definition) is 3. The molecule has 6 heteroatoms. The van der Waals surface area contributed by atoms with Crippen LogP contribution in [-0.2, 0) is 11.8 Å². The van der Waals surface area contributed by atoms with Gasteiger partial charge in [0.25, 0.3) is 0 Å². The normalized spacial score (nSPS) is 12.8. The highest BCUT2D eigenvalue weighted by atomic mass is 16.4. The lowest BCUT2D eigenvalue weighted by Crippen LogP contribution is -2.21. The molecule has 2 rings (SSSR count). The largest absolute Gasteiger partial charge is 0.481 e. The van der Waals surface area contributed by atoms with E-state index in [-0.39, 0.29) is 12.2 Å². The van der Waals surface area contributed by atoms with Gasteiger partial charge in [0.2, 0.25) is 0 Å². The monoisotopic (exact) mass is 235 g/mol. The van der Waals surface area contributed by atoms with Crippen molar-refractivity contribution in [3.8, 4) is 0 Å². The maximum atomic E-state index is 11.4. The number of aliphatic carboxylic acids is 1. The van der Waals surface area contributed by atoms with Crippen molar-refractivity contribution in [3.05, 3.63) is 34.2 Å². The number of nitrogens with one attached hydrogen (secondary N) is 1. The molecule has 1 heterocycles. The highest BCUT2D eigenvalue weighted by molar-refractivity contribution is 5.81. The molecule has 6 nitrogen and oxygen atoms in total. The minimum atomic E-state index is -0.967. The molecule has 90 valence electrons. The number of carboxylic acids is 1. The highest BCUT2D eigenvalue weighted by Gasteiger charge is 2.18. The van der Waals surface area contributed by atoms with Gasteiger partial charge in [0, 0.05) is 13.6 Å². The van der Waals surface area contributed by atoms with Crippen LogP contribution in [-0.4, -0.2) is 27.2 Å². The number of aromatic amines is 1. The van der Waals surface area contributed by atoms with E-state index in [9.17, 15) is 9.59 Å². The molecule has 1 aromatic carbocycles. The topological polar surface area (TPSA) is 101 Å². The van der Waals surface area contributed by atoms with Crippen LogP contribution in [0, 0.1) is 0 Å². The Morgan fingerprint density at radius 2 is 2.29 bits per heavy atom. The summed E-state index contributed by atoms with van der Waals surface area (Å²) in [6, 6.07) is 5.05. The van der Waals surface area contributed by atoms with Gasteiger partial charge < -0.3 is 15.8 Å². The molecule has 1 aromatic heterocycles. The summed E-state index contributed by atoms with van der Waals surface area (Å²) in [6.07, 6.45) is 0. The lowest BCUT2D eigenvalue weighted by molar-refractivity contribution is -0.138. The van der Waals surface area contributed by atoms with Crippen LogP contribution in [0.4, 0.5) is 0 Å². The number of H-pyrrole nitrogens is 1. The van der Waals surface area contributed by atoms with Gasteiger partial charge >= 0.3 is 11.7 Å². The predicted octanol–water partition coefficient (Wildman–Crippen LogP) is -0.00650. The van der Waals surface area contributed by atoms with Crippen molar-refractivity contribution in [2.45, 2.75) is 5.92 Å².